The van der Waals surface area contributed by atoms with Crippen LogP contribution in [0.2, 0.25) is 0 Å². The zero-order chi connectivity index (χ0) is 15.4. The first-order chi connectivity index (χ1) is 10.0. The molecule has 0 saturated carbocycles. The van der Waals surface area contributed by atoms with Gasteiger partial charge in [0, 0.05) is 30.9 Å². The minimum atomic E-state index is 0.194. The van der Waals surface area contributed by atoms with E-state index in [4.69, 9.17) is 9.47 Å². The predicted molar refractivity (Wildman–Crippen MR) is 82.7 cm³/mol. The van der Waals surface area contributed by atoms with Crippen LogP contribution in [0.3, 0.4) is 0 Å². The Labute approximate surface area is 125 Å². The van der Waals surface area contributed by atoms with Crippen molar-refractivity contribution in [2.45, 2.75) is 25.9 Å². The minimum Gasteiger partial charge on any atom is -0.493 e. The molecule has 1 N–H and O–H groups in total. The Morgan fingerprint density at radius 2 is 1.71 bits per heavy atom. The summed E-state index contributed by atoms with van der Waals surface area (Å²) >= 11 is 0. The first-order valence-electron chi connectivity index (χ1n) is 7.01. The van der Waals surface area contributed by atoms with Crippen molar-refractivity contribution in [3.05, 3.63) is 41.7 Å². The molecule has 0 aliphatic carbocycles. The molecule has 0 saturated heterocycles. The Hall–Kier alpha value is -2.01. The maximum atomic E-state index is 5.35. The number of hydrogen-bond donors (Lipinski definition) is 1. The molecule has 2 atom stereocenters. The molecule has 0 bridgehead atoms. The van der Waals surface area contributed by atoms with Gasteiger partial charge in [0.15, 0.2) is 11.5 Å². The fourth-order valence-corrected chi connectivity index (χ4v) is 2.35. The third-order valence-corrected chi connectivity index (χ3v) is 3.63. The summed E-state index contributed by atoms with van der Waals surface area (Å²) in [5.74, 6) is 1.49. The molecule has 0 aliphatic heterocycles. The van der Waals surface area contributed by atoms with E-state index in [1.165, 1.54) is 5.56 Å². The zero-order valence-corrected chi connectivity index (χ0v) is 13.3. The van der Waals surface area contributed by atoms with Crippen LogP contribution in [-0.4, -0.2) is 24.0 Å². The molecule has 2 unspecified atom stereocenters. The Bertz CT molecular complexity index is 595. The summed E-state index contributed by atoms with van der Waals surface area (Å²) in [6.45, 7) is 4.27. The molecular weight excluding hydrogens is 266 g/mol. The van der Waals surface area contributed by atoms with Crippen molar-refractivity contribution in [3.8, 4) is 11.5 Å². The van der Waals surface area contributed by atoms with Crippen molar-refractivity contribution in [2.75, 3.05) is 14.2 Å². The lowest BCUT2D eigenvalue weighted by Crippen LogP contribution is -2.22. The summed E-state index contributed by atoms with van der Waals surface area (Å²) in [5.41, 5.74) is 2.33. The molecule has 2 rings (SSSR count). The molecule has 5 heteroatoms. The number of nitrogens with one attached hydrogen (secondary N) is 1. The number of aryl methyl sites for hydroxylation is 1. The van der Waals surface area contributed by atoms with Gasteiger partial charge in [0.2, 0.25) is 0 Å². The number of benzene rings is 1. The minimum absolute atomic E-state index is 0.194. The zero-order valence-electron chi connectivity index (χ0n) is 13.3. The third kappa shape index (κ3) is 3.55. The van der Waals surface area contributed by atoms with Gasteiger partial charge in [-0.3, -0.25) is 4.68 Å². The van der Waals surface area contributed by atoms with E-state index < -0.39 is 0 Å². The van der Waals surface area contributed by atoms with Gasteiger partial charge < -0.3 is 14.8 Å². The largest absolute Gasteiger partial charge is 0.493 e. The van der Waals surface area contributed by atoms with Crippen LogP contribution in [0.25, 0.3) is 0 Å². The van der Waals surface area contributed by atoms with Crippen LogP contribution in [-0.2, 0) is 7.05 Å². The lowest BCUT2D eigenvalue weighted by atomic mass is 10.1. The van der Waals surface area contributed by atoms with Crippen molar-refractivity contribution < 1.29 is 9.47 Å². The van der Waals surface area contributed by atoms with Crippen molar-refractivity contribution in [2.24, 2.45) is 7.05 Å². The fraction of sp³-hybridized carbons (Fsp3) is 0.438. The Morgan fingerprint density at radius 3 is 2.29 bits per heavy atom. The smallest absolute Gasteiger partial charge is 0.161 e. The second kappa shape index (κ2) is 6.63. The van der Waals surface area contributed by atoms with Gasteiger partial charge in [0.05, 0.1) is 20.4 Å². The first kappa shape index (κ1) is 15.4. The standard InChI is InChI=1S/C16H23N3O2/c1-11(18-12(2)14-9-17-19(3)10-14)13-6-7-15(20-4)16(8-13)21-5/h6-12,18H,1-5H3. The predicted octanol–water partition coefficient (Wildman–Crippen LogP) is 2.85. The second-order valence-electron chi connectivity index (χ2n) is 5.17. The molecule has 0 radical (unpaired) electrons. The van der Waals surface area contributed by atoms with Crippen LogP contribution in [0.1, 0.15) is 37.1 Å². The SMILES string of the molecule is COc1ccc(C(C)NC(C)c2cnn(C)c2)cc1OC. The van der Waals surface area contributed by atoms with Crippen LogP contribution < -0.4 is 14.8 Å². The van der Waals surface area contributed by atoms with E-state index in [1.54, 1.807) is 14.2 Å². The lowest BCUT2D eigenvalue weighted by molar-refractivity contribution is 0.353. The van der Waals surface area contributed by atoms with Gasteiger partial charge in [-0.05, 0) is 31.5 Å². The molecule has 1 aromatic heterocycles. The molecule has 114 valence electrons. The molecule has 0 fully saturated rings. The summed E-state index contributed by atoms with van der Waals surface area (Å²) < 4.78 is 12.4. The van der Waals surface area contributed by atoms with Crippen molar-refractivity contribution in [1.29, 1.82) is 0 Å². The van der Waals surface area contributed by atoms with Gasteiger partial charge in [-0.15, -0.1) is 0 Å². The van der Waals surface area contributed by atoms with E-state index in [-0.39, 0.29) is 12.1 Å². The number of nitrogens with zero attached hydrogens (tertiary/aromatic N) is 2. The molecular formula is C16H23N3O2. The summed E-state index contributed by atoms with van der Waals surface area (Å²) in [6, 6.07) is 6.41. The fourth-order valence-electron chi connectivity index (χ4n) is 2.35. The van der Waals surface area contributed by atoms with Gasteiger partial charge in [0.1, 0.15) is 0 Å². The third-order valence-electron chi connectivity index (χ3n) is 3.63. The average molecular weight is 289 g/mol. The molecule has 0 amide bonds. The average Bonchev–Trinajstić information content (AvgIpc) is 2.93. The summed E-state index contributed by atoms with van der Waals surface area (Å²) in [6.07, 6.45) is 3.91. The van der Waals surface area contributed by atoms with Crippen LogP contribution in [0.4, 0.5) is 0 Å². The number of aromatic nitrogens is 2. The van der Waals surface area contributed by atoms with Crippen LogP contribution >= 0.6 is 0 Å². The molecule has 2 aromatic rings. The van der Waals surface area contributed by atoms with Crippen LogP contribution in [0, 0.1) is 0 Å². The summed E-state index contributed by atoms with van der Waals surface area (Å²) in [4.78, 5) is 0. The number of hydrogen-bond acceptors (Lipinski definition) is 4. The molecule has 0 aliphatic rings. The van der Waals surface area contributed by atoms with Gasteiger partial charge in [-0.25, -0.2) is 0 Å². The second-order valence-corrected chi connectivity index (χ2v) is 5.17. The van der Waals surface area contributed by atoms with Crippen LogP contribution in [0.15, 0.2) is 30.6 Å². The topological polar surface area (TPSA) is 48.3 Å². The van der Waals surface area contributed by atoms with E-state index in [0.29, 0.717) is 0 Å². The molecule has 1 aromatic carbocycles. The van der Waals surface area contributed by atoms with Crippen LogP contribution in [0.5, 0.6) is 11.5 Å². The van der Waals surface area contributed by atoms with Crippen molar-refractivity contribution in [3.63, 3.8) is 0 Å². The molecule has 21 heavy (non-hydrogen) atoms. The lowest BCUT2D eigenvalue weighted by Gasteiger charge is -2.20. The van der Waals surface area contributed by atoms with Gasteiger partial charge in [0.25, 0.3) is 0 Å². The van der Waals surface area contributed by atoms with Gasteiger partial charge in [-0.1, -0.05) is 6.07 Å². The van der Waals surface area contributed by atoms with Crippen molar-refractivity contribution in [1.82, 2.24) is 15.1 Å². The Balaban J connectivity index is 2.11. The summed E-state index contributed by atoms with van der Waals surface area (Å²) in [7, 11) is 5.22. The Kier molecular flexibility index (Phi) is 4.85. The maximum Gasteiger partial charge on any atom is 0.161 e. The van der Waals surface area contributed by atoms with E-state index >= 15 is 0 Å². The normalized spacial score (nSPS) is 13.8. The maximum absolute atomic E-state index is 5.35. The number of ether oxygens (including phenoxy) is 2. The van der Waals surface area contributed by atoms with E-state index in [9.17, 15) is 0 Å². The summed E-state index contributed by atoms with van der Waals surface area (Å²) in [5, 5.41) is 7.77. The number of rotatable bonds is 6. The highest BCUT2D eigenvalue weighted by Crippen LogP contribution is 2.30. The van der Waals surface area contributed by atoms with Gasteiger partial charge in [-0.2, -0.15) is 5.10 Å². The number of methoxy groups -OCH3 is 2. The van der Waals surface area contributed by atoms with E-state index in [1.807, 2.05) is 36.3 Å². The quantitative estimate of drug-likeness (QED) is 0.888. The first-order valence-corrected chi connectivity index (χ1v) is 7.01. The van der Waals surface area contributed by atoms with Crippen molar-refractivity contribution >= 4 is 0 Å². The Morgan fingerprint density at radius 1 is 1.05 bits per heavy atom. The highest BCUT2D eigenvalue weighted by Gasteiger charge is 2.14. The van der Waals surface area contributed by atoms with E-state index in [0.717, 1.165) is 17.1 Å². The molecule has 5 nitrogen and oxygen atoms in total. The van der Waals surface area contributed by atoms with E-state index in [2.05, 4.69) is 30.3 Å². The molecule has 1 heterocycles. The molecule has 0 spiro atoms. The monoisotopic (exact) mass is 289 g/mol. The van der Waals surface area contributed by atoms with Gasteiger partial charge >= 0.3 is 0 Å². The highest BCUT2D eigenvalue weighted by molar-refractivity contribution is 5.43. The highest BCUT2D eigenvalue weighted by atomic mass is 16.5.